The first-order valence-corrected chi connectivity index (χ1v) is 8.84. The molecule has 3 rings (SSSR count). The zero-order valence-corrected chi connectivity index (χ0v) is 14.9. The van der Waals surface area contributed by atoms with E-state index in [9.17, 15) is 4.79 Å². The Hall–Kier alpha value is -1.98. The van der Waals surface area contributed by atoms with Crippen LogP contribution in [0.2, 0.25) is 0 Å². The van der Waals surface area contributed by atoms with Crippen LogP contribution in [-0.4, -0.2) is 12.1 Å². The molecule has 1 N–H and O–H groups in total. The van der Waals surface area contributed by atoms with E-state index in [-0.39, 0.29) is 5.91 Å². The minimum atomic E-state index is -0.122. The Labute approximate surface area is 147 Å². The first-order chi connectivity index (χ1) is 11.1. The van der Waals surface area contributed by atoms with Crippen molar-refractivity contribution in [2.75, 3.05) is 0 Å². The zero-order chi connectivity index (χ0) is 16.2. The number of amides is 1. The molecule has 0 aliphatic rings. The van der Waals surface area contributed by atoms with Gasteiger partial charge in [-0.1, -0.05) is 46.3 Å². The van der Waals surface area contributed by atoms with Crippen molar-refractivity contribution in [1.82, 2.24) is 5.43 Å². The number of benzene rings is 2. The summed E-state index contributed by atoms with van der Waals surface area (Å²) in [6.07, 6.45) is 1.99. The number of thiophene rings is 1. The van der Waals surface area contributed by atoms with Crippen molar-refractivity contribution >= 4 is 50.2 Å². The third-order valence-electron chi connectivity index (χ3n) is 3.58. The van der Waals surface area contributed by atoms with E-state index >= 15 is 0 Å². The fraction of sp³-hybridized carbons (Fsp3) is 0.111. The highest BCUT2D eigenvalue weighted by molar-refractivity contribution is 9.10. The van der Waals surface area contributed by atoms with Gasteiger partial charge in [-0.2, -0.15) is 5.10 Å². The number of aryl methyl sites for hydroxylation is 1. The summed E-state index contributed by atoms with van der Waals surface area (Å²) in [5.74, 6) is -0.122. The van der Waals surface area contributed by atoms with Gasteiger partial charge in [-0.15, -0.1) is 11.3 Å². The van der Waals surface area contributed by atoms with Gasteiger partial charge in [0.1, 0.15) is 0 Å². The van der Waals surface area contributed by atoms with Gasteiger partial charge in [-0.3, -0.25) is 4.79 Å². The lowest BCUT2D eigenvalue weighted by Gasteiger charge is -2.07. The molecular formula is C18H15BrN2OS. The smallest absolute Gasteiger partial charge is 0.244 e. The van der Waals surface area contributed by atoms with Crippen LogP contribution in [0.15, 0.2) is 57.4 Å². The number of carbonyl (C=O) groups excluding carboxylic acids is 1. The van der Waals surface area contributed by atoms with Crippen molar-refractivity contribution < 1.29 is 4.79 Å². The van der Waals surface area contributed by atoms with Gasteiger partial charge < -0.3 is 0 Å². The van der Waals surface area contributed by atoms with Crippen LogP contribution in [0, 0.1) is 6.92 Å². The molecular weight excluding hydrogens is 372 g/mol. The Kier molecular flexibility index (Phi) is 4.88. The fourth-order valence-corrected chi connectivity index (χ4v) is 3.64. The highest BCUT2D eigenvalue weighted by Crippen LogP contribution is 2.27. The number of hydrogen-bond donors (Lipinski definition) is 1. The quantitative estimate of drug-likeness (QED) is 0.513. The third kappa shape index (κ3) is 3.68. The molecule has 5 heteroatoms. The van der Waals surface area contributed by atoms with Crippen molar-refractivity contribution in [3.63, 3.8) is 0 Å². The van der Waals surface area contributed by atoms with Gasteiger partial charge in [0.15, 0.2) is 0 Å². The SMILES string of the molecule is Cc1ccsc1/C=N\NC(=O)Cc1ccc(Br)c2ccccc12. The van der Waals surface area contributed by atoms with Crippen LogP contribution in [0.3, 0.4) is 0 Å². The predicted octanol–water partition coefficient (Wildman–Crippen LogP) is 4.67. The predicted molar refractivity (Wildman–Crippen MR) is 100 cm³/mol. The summed E-state index contributed by atoms with van der Waals surface area (Å²) in [6.45, 7) is 2.02. The van der Waals surface area contributed by atoms with E-state index in [1.807, 2.05) is 54.8 Å². The number of nitrogens with zero attached hydrogens (tertiary/aromatic N) is 1. The van der Waals surface area contributed by atoms with E-state index in [2.05, 4.69) is 26.5 Å². The maximum Gasteiger partial charge on any atom is 0.244 e. The van der Waals surface area contributed by atoms with Crippen molar-refractivity contribution in [1.29, 1.82) is 0 Å². The van der Waals surface area contributed by atoms with Gasteiger partial charge in [0.2, 0.25) is 5.91 Å². The molecule has 23 heavy (non-hydrogen) atoms. The lowest BCUT2D eigenvalue weighted by Crippen LogP contribution is -2.19. The molecule has 1 amide bonds. The second kappa shape index (κ2) is 7.06. The Morgan fingerprint density at radius 3 is 2.74 bits per heavy atom. The highest BCUT2D eigenvalue weighted by Gasteiger charge is 2.08. The molecule has 0 aliphatic carbocycles. The Balaban J connectivity index is 1.72. The van der Waals surface area contributed by atoms with Gasteiger partial charge in [0.25, 0.3) is 0 Å². The molecule has 116 valence electrons. The number of hydrogen-bond acceptors (Lipinski definition) is 3. The zero-order valence-electron chi connectivity index (χ0n) is 12.5. The molecule has 2 aromatic carbocycles. The highest BCUT2D eigenvalue weighted by atomic mass is 79.9. The number of halogens is 1. The lowest BCUT2D eigenvalue weighted by atomic mass is 10.0. The summed E-state index contributed by atoms with van der Waals surface area (Å²) in [5.41, 5.74) is 4.75. The molecule has 0 unspecified atom stereocenters. The summed E-state index contributed by atoms with van der Waals surface area (Å²) in [6, 6.07) is 14.0. The van der Waals surface area contributed by atoms with Crippen molar-refractivity contribution in [2.45, 2.75) is 13.3 Å². The molecule has 0 aliphatic heterocycles. The molecule has 3 aromatic rings. The van der Waals surface area contributed by atoms with E-state index in [0.717, 1.165) is 31.2 Å². The Bertz CT molecular complexity index is 886. The van der Waals surface area contributed by atoms with Crippen LogP contribution in [0.4, 0.5) is 0 Å². The van der Waals surface area contributed by atoms with E-state index in [0.29, 0.717) is 6.42 Å². The second-order valence-corrected chi connectivity index (χ2v) is 6.99. The van der Waals surface area contributed by atoms with Gasteiger partial charge >= 0.3 is 0 Å². The summed E-state index contributed by atoms with van der Waals surface area (Å²) in [5, 5.41) is 8.24. The monoisotopic (exact) mass is 386 g/mol. The summed E-state index contributed by atoms with van der Waals surface area (Å²) in [4.78, 5) is 13.2. The van der Waals surface area contributed by atoms with Gasteiger partial charge in [-0.05, 0) is 46.3 Å². The third-order valence-corrected chi connectivity index (χ3v) is 5.23. The molecule has 0 saturated carbocycles. The van der Waals surface area contributed by atoms with Crippen LogP contribution < -0.4 is 5.43 Å². The fourth-order valence-electron chi connectivity index (χ4n) is 2.37. The molecule has 0 saturated heterocycles. The van der Waals surface area contributed by atoms with Crippen LogP contribution in [0.5, 0.6) is 0 Å². The molecule has 0 fully saturated rings. The van der Waals surface area contributed by atoms with Gasteiger partial charge in [-0.25, -0.2) is 5.43 Å². The number of rotatable bonds is 4. The lowest BCUT2D eigenvalue weighted by molar-refractivity contribution is -0.120. The minimum Gasteiger partial charge on any atom is -0.273 e. The Morgan fingerprint density at radius 2 is 2.00 bits per heavy atom. The van der Waals surface area contributed by atoms with Crippen LogP contribution >= 0.6 is 27.3 Å². The number of carbonyl (C=O) groups is 1. The molecule has 3 nitrogen and oxygen atoms in total. The largest absolute Gasteiger partial charge is 0.273 e. The first kappa shape index (κ1) is 15.9. The van der Waals surface area contributed by atoms with E-state index in [1.165, 1.54) is 0 Å². The normalized spacial score (nSPS) is 11.2. The van der Waals surface area contributed by atoms with Crippen molar-refractivity contribution in [3.05, 3.63) is 68.3 Å². The van der Waals surface area contributed by atoms with E-state index in [1.54, 1.807) is 17.6 Å². The standard InChI is InChI=1S/C18H15BrN2OS/c1-12-8-9-23-17(12)11-20-21-18(22)10-13-6-7-16(19)15-5-3-2-4-14(13)15/h2-9,11H,10H2,1H3,(H,21,22)/b20-11-. The topological polar surface area (TPSA) is 41.5 Å². The van der Waals surface area contributed by atoms with Crippen LogP contribution in [0.25, 0.3) is 10.8 Å². The molecule has 0 radical (unpaired) electrons. The average Bonchev–Trinajstić information content (AvgIpc) is 2.96. The van der Waals surface area contributed by atoms with Crippen LogP contribution in [0.1, 0.15) is 16.0 Å². The summed E-state index contributed by atoms with van der Waals surface area (Å²) in [7, 11) is 0. The minimum absolute atomic E-state index is 0.122. The van der Waals surface area contributed by atoms with Gasteiger partial charge in [0.05, 0.1) is 12.6 Å². The number of hydrazone groups is 1. The maximum atomic E-state index is 12.1. The number of nitrogens with one attached hydrogen (secondary N) is 1. The summed E-state index contributed by atoms with van der Waals surface area (Å²) >= 11 is 5.15. The number of fused-ring (bicyclic) bond motifs is 1. The van der Waals surface area contributed by atoms with Crippen molar-refractivity contribution in [3.8, 4) is 0 Å². The van der Waals surface area contributed by atoms with Crippen molar-refractivity contribution in [2.24, 2.45) is 5.10 Å². The molecule has 1 heterocycles. The maximum absolute atomic E-state index is 12.1. The summed E-state index contributed by atoms with van der Waals surface area (Å²) < 4.78 is 1.03. The molecule has 0 atom stereocenters. The second-order valence-electron chi connectivity index (χ2n) is 5.19. The average molecular weight is 387 g/mol. The van der Waals surface area contributed by atoms with E-state index < -0.39 is 0 Å². The van der Waals surface area contributed by atoms with Gasteiger partial charge in [0, 0.05) is 9.35 Å². The van der Waals surface area contributed by atoms with Crippen LogP contribution in [-0.2, 0) is 11.2 Å². The first-order valence-electron chi connectivity index (χ1n) is 7.17. The molecule has 0 bridgehead atoms. The molecule has 1 aromatic heterocycles. The Morgan fingerprint density at radius 1 is 1.22 bits per heavy atom. The molecule has 0 spiro atoms. The van der Waals surface area contributed by atoms with E-state index in [4.69, 9.17) is 0 Å².